The summed E-state index contributed by atoms with van der Waals surface area (Å²) in [6.45, 7) is 1.60. The lowest BCUT2D eigenvalue weighted by molar-refractivity contribution is -0.144. The minimum absolute atomic E-state index is 0.0582. The molecule has 0 saturated carbocycles. The smallest absolute Gasteiger partial charge is 0.417 e. The van der Waals surface area contributed by atoms with E-state index in [1.54, 1.807) is 13.0 Å². The quantitative estimate of drug-likeness (QED) is 0.687. The highest BCUT2D eigenvalue weighted by Gasteiger charge is 2.37. The van der Waals surface area contributed by atoms with Crippen molar-refractivity contribution in [2.75, 3.05) is 6.61 Å². The zero-order chi connectivity index (χ0) is 14.6. The maximum Gasteiger partial charge on any atom is 0.417 e. The summed E-state index contributed by atoms with van der Waals surface area (Å²) in [7, 11) is 0. The number of carbonyl (C=O) groups excluding carboxylic acids is 1. The highest BCUT2D eigenvalue weighted by molar-refractivity contribution is 7.80. The molecule has 3 nitrogen and oxygen atoms in total. The number of rotatable bonds is 3. The number of nitrogens with zero attached hydrogens (tertiary/aromatic N) is 1. The van der Waals surface area contributed by atoms with E-state index in [0.717, 1.165) is 6.07 Å². The van der Waals surface area contributed by atoms with E-state index in [-0.39, 0.29) is 17.1 Å². The normalized spacial score (nSPS) is 10.9. The third-order valence-electron chi connectivity index (χ3n) is 2.32. The molecule has 0 fully saturated rings. The van der Waals surface area contributed by atoms with Crippen LogP contribution in [0.3, 0.4) is 0 Å². The van der Waals surface area contributed by atoms with Crippen molar-refractivity contribution in [3.63, 3.8) is 0 Å². The molecule has 0 radical (unpaired) electrons. The van der Waals surface area contributed by atoms with Gasteiger partial charge >= 0.3 is 12.1 Å². The van der Waals surface area contributed by atoms with Crippen LogP contribution in [0.5, 0.6) is 0 Å². The molecule has 1 aromatic carbocycles. The number of thiol groups is 1. The van der Waals surface area contributed by atoms with Crippen LogP contribution in [0, 0.1) is 11.3 Å². The average molecular weight is 289 g/mol. The van der Waals surface area contributed by atoms with Crippen molar-refractivity contribution in [3.8, 4) is 6.07 Å². The Morgan fingerprint density at radius 2 is 2.11 bits per heavy atom. The Balaban J connectivity index is 3.37. The second-order valence-electron chi connectivity index (χ2n) is 3.58. The van der Waals surface area contributed by atoms with Gasteiger partial charge in [-0.15, -0.1) is 12.6 Å². The molecule has 1 aromatic rings. The second-order valence-corrected chi connectivity index (χ2v) is 4.06. The SMILES string of the molecule is CCOC(=O)Cc1c(C#N)ccc(S)c1C(F)(F)F. The van der Waals surface area contributed by atoms with Crippen LogP contribution in [-0.2, 0) is 22.1 Å². The Kier molecular flexibility index (Phi) is 4.84. The molecule has 0 bridgehead atoms. The summed E-state index contributed by atoms with van der Waals surface area (Å²) in [5.41, 5.74) is -1.68. The van der Waals surface area contributed by atoms with Crippen LogP contribution < -0.4 is 0 Å². The van der Waals surface area contributed by atoms with E-state index >= 15 is 0 Å². The lowest BCUT2D eigenvalue weighted by Gasteiger charge is -2.16. The van der Waals surface area contributed by atoms with Crippen LogP contribution >= 0.6 is 12.6 Å². The molecule has 0 amide bonds. The molecule has 0 N–H and O–H groups in total. The molecule has 0 spiro atoms. The average Bonchev–Trinajstić information content (AvgIpc) is 2.27. The standard InChI is InChI=1S/C12H10F3NO2S/c1-2-18-10(17)5-8-7(6-16)3-4-9(19)11(8)12(13,14)15/h3-4,19H,2,5H2,1H3. The fourth-order valence-electron chi connectivity index (χ4n) is 1.60. The monoisotopic (exact) mass is 289 g/mol. The van der Waals surface area contributed by atoms with Gasteiger partial charge in [0, 0.05) is 4.90 Å². The largest absolute Gasteiger partial charge is 0.466 e. The Hall–Kier alpha value is -1.68. The van der Waals surface area contributed by atoms with E-state index in [9.17, 15) is 18.0 Å². The molecule has 102 valence electrons. The number of hydrogen-bond acceptors (Lipinski definition) is 4. The van der Waals surface area contributed by atoms with Crippen molar-refractivity contribution in [1.29, 1.82) is 5.26 Å². The fraction of sp³-hybridized carbons (Fsp3) is 0.333. The van der Waals surface area contributed by atoms with Gasteiger partial charge in [0.15, 0.2) is 0 Å². The van der Waals surface area contributed by atoms with Crippen LogP contribution in [-0.4, -0.2) is 12.6 Å². The molecular weight excluding hydrogens is 279 g/mol. The summed E-state index contributed by atoms with van der Waals surface area (Å²) in [6, 6.07) is 3.92. The predicted octanol–water partition coefficient (Wildman–Crippen LogP) is 2.97. The van der Waals surface area contributed by atoms with Crippen molar-refractivity contribution in [1.82, 2.24) is 0 Å². The first kappa shape index (κ1) is 15.4. The number of carbonyl (C=O) groups is 1. The Morgan fingerprint density at radius 3 is 2.58 bits per heavy atom. The van der Waals surface area contributed by atoms with Gasteiger partial charge in [0.05, 0.1) is 30.2 Å². The molecular formula is C12H10F3NO2S. The molecule has 0 aliphatic carbocycles. The molecule has 0 unspecified atom stereocenters. The van der Waals surface area contributed by atoms with Crippen molar-refractivity contribution in [2.45, 2.75) is 24.4 Å². The lowest BCUT2D eigenvalue weighted by atomic mass is 9.98. The molecule has 1 rings (SSSR count). The van der Waals surface area contributed by atoms with Gasteiger partial charge in [-0.2, -0.15) is 18.4 Å². The van der Waals surface area contributed by atoms with E-state index in [1.807, 2.05) is 0 Å². The number of ether oxygens (including phenoxy) is 1. The minimum Gasteiger partial charge on any atom is -0.466 e. The summed E-state index contributed by atoms with van der Waals surface area (Å²) in [5, 5.41) is 8.85. The van der Waals surface area contributed by atoms with Gasteiger partial charge in [-0.3, -0.25) is 4.79 Å². The van der Waals surface area contributed by atoms with Crippen molar-refractivity contribution < 1.29 is 22.7 Å². The van der Waals surface area contributed by atoms with Gasteiger partial charge in [-0.05, 0) is 24.6 Å². The van der Waals surface area contributed by atoms with Crippen molar-refractivity contribution in [3.05, 3.63) is 28.8 Å². The Bertz CT molecular complexity index is 535. The van der Waals surface area contributed by atoms with Gasteiger partial charge in [-0.1, -0.05) is 0 Å². The van der Waals surface area contributed by atoms with E-state index in [4.69, 9.17) is 5.26 Å². The van der Waals surface area contributed by atoms with Crippen LogP contribution in [0.25, 0.3) is 0 Å². The molecule has 7 heteroatoms. The number of hydrogen-bond donors (Lipinski definition) is 1. The summed E-state index contributed by atoms with van der Waals surface area (Å²) >= 11 is 3.74. The maximum absolute atomic E-state index is 13.0. The van der Waals surface area contributed by atoms with Gasteiger partial charge in [0.1, 0.15) is 0 Å². The van der Waals surface area contributed by atoms with Gasteiger partial charge < -0.3 is 4.74 Å². The summed E-state index contributed by atoms with van der Waals surface area (Å²) < 4.78 is 43.5. The van der Waals surface area contributed by atoms with E-state index in [0.29, 0.717) is 0 Å². The highest BCUT2D eigenvalue weighted by Crippen LogP contribution is 2.38. The van der Waals surface area contributed by atoms with E-state index in [2.05, 4.69) is 17.4 Å². The Labute approximate surface area is 113 Å². The van der Waals surface area contributed by atoms with Crippen molar-refractivity contribution >= 4 is 18.6 Å². The maximum atomic E-state index is 13.0. The van der Waals surface area contributed by atoms with E-state index < -0.39 is 29.7 Å². The van der Waals surface area contributed by atoms with Gasteiger partial charge in [0.25, 0.3) is 0 Å². The molecule has 19 heavy (non-hydrogen) atoms. The summed E-state index contributed by atoms with van der Waals surface area (Å²) in [4.78, 5) is 11.0. The van der Waals surface area contributed by atoms with Gasteiger partial charge in [-0.25, -0.2) is 0 Å². The number of esters is 1. The first-order valence-electron chi connectivity index (χ1n) is 5.29. The molecule has 0 aliphatic heterocycles. The van der Waals surface area contributed by atoms with Crippen LogP contribution in [0.1, 0.15) is 23.6 Å². The summed E-state index contributed by atoms with van der Waals surface area (Å²) in [6.07, 6.45) is -5.30. The third-order valence-corrected chi connectivity index (χ3v) is 2.69. The minimum atomic E-state index is -4.69. The molecule has 0 atom stereocenters. The zero-order valence-electron chi connectivity index (χ0n) is 9.91. The first-order chi connectivity index (χ1) is 8.81. The highest BCUT2D eigenvalue weighted by atomic mass is 32.1. The molecule has 0 heterocycles. The first-order valence-corrected chi connectivity index (χ1v) is 5.73. The zero-order valence-corrected chi connectivity index (χ0v) is 10.8. The van der Waals surface area contributed by atoms with Crippen LogP contribution in [0.4, 0.5) is 13.2 Å². The fourth-order valence-corrected chi connectivity index (χ4v) is 1.93. The number of halogens is 3. The second kappa shape index (κ2) is 5.97. The number of alkyl halides is 3. The topological polar surface area (TPSA) is 50.1 Å². The van der Waals surface area contributed by atoms with E-state index in [1.165, 1.54) is 6.07 Å². The molecule has 0 saturated heterocycles. The van der Waals surface area contributed by atoms with Crippen molar-refractivity contribution in [2.24, 2.45) is 0 Å². The molecule has 0 aromatic heterocycles. The number of benzene rings is 1. The summed E-state index contributed by atoms with van der Waals surface area (Å²) in [5.74, 6) is -0.816. The van der Waals surface area contributed by atoms with Crippen LogP contribution in [0.15, 0.2) is 17.0 Å². The Morgan fingerprint density at radius 1 is 1.47 bits per heavy atom. The van der Waals surface area contributed by atoms with Gasteiger partial charge in [0.2, 0.25) is 0 Å². The lowest BCUT2D eigenvalue weighted by Crippen LogP contribution is -2.16. The van der Waals surface area contributed by atoms with Crippen LogP contribution in [0.2, 0.25) is 0 Å². The molecule has 0 aliphatic rings. The number of nitriles is 1. The third kappa shape index (κ3) is 3.64. The predicted molar refractivity (Wildman–Crippen MR) is 63.7 cm³/mol.